The number of carboxylic acid groups (broad SMARTS) is 1. The Hall–Kier alpha value is -3.17. The van der Waals surface area contributed by atoms with Gasteiger partial charge in [-0.05, 0) is 12.8 Å². The van der Waals surface area contributed by atoms with Crippen LogP contribution in [0, 0.1) is 0 Å². The number of pyridine rings is 1. The fourth-order valence-electron chi connectivity index (χ4n) is 3.46. The Labute approximate surface area is 158 Å². The van der Waals surface area contributed by atoms with Gasteiger partial charge >= 0.3 is 11.9 Å². The van der Waals surface area contributed by atoms with Crippen molar-refractivity contribution in [1.82, 2.24) is 15.0 Å². The van der Waals surface area contributed by atoms with Gasteiger partial charge in [0, 0.05) is 49.7 Å². The summed E-state index contributed by atoms with van der Waals surface area (Å²) in [5, 5.41) is 11.9. The van der Waals surface area contributed by atoms with E-state index in [1.165, 1.54) is 13.0 Å². The van der Waals surface area contributed by atoms with Gasteiger partial charge in [-0.1, -0.05) is 0 Å². The number of rotatable bonds is 4. The molecule has 1 saturated carbocycles. The maximum absolute atomic E-state index is 13.8. The number of aromatic carboxylic acids is 1. The van der Waals surface area contributed by atoms with Crippen LogP contribution in [-0.4, -0.2) is 38.5 Å². The number of aromatic nitrogens is 3. The summed E-state index contributed by atoms with van der Waals surface area (Å²) in [6.07, 6.45) is 3.49. The molecule has 1 aliphatic heterocycles. The molecular weight excluding hydrogens is 372 g/mol. The smallest absolute Gasteiger partial charge is 0.354 e. The zero-order chi connectivity index (χ0) is 20.3. The molecule has 0 aromatic carbocycles. The highest BCUT2D eigenvalue weighted by atomic mass is 19.3. The molecule has 2 N–H and O–H groups in total. The number of alkyl halides is 2. The molecule has 2 aromatic rings. The van der Waals surface area contributed by atoms with Crippen LogP contribution in [0.2, 0.25) is 0 Å². The fraction of sp³-hybridized carbons (Fsp3) is 0.389. The molecule has 0 radical (unpaired) electrons. The molecule has 0 atom stereocenters. The van der Waals surface area contributed by atoms with Crippen molar-refractivity contribution < 1.29 is 23.5 Å². The van der Waals surface area contributed by atoms with E-state index in [1.54, 1.807) is 17.2 Å². The third-order valence-electron chi connectivity index (χ3n) is 4.96. The molecule has 0 bridgehead atoms. The number of carbonyl (C=O) groups excluding carboxylic acids is 1. The number of nitrogens with zero attached hydrogens (tertiary/aromatic N) is 4. The highest BCUT2D eigenvalue weighted by molar-refractivity contribution is 5.89. The zero-order valence-corrected chi connectivity index (χ0v) is 15.2. The molecular formula is C18H17F2N5O3. The van der Waals surface area contributed by atoms with Crippen molar-refractivity contribution in [2.75, 3.05) is 16.8 Å². The van der Waals surface area contributed by atoms with Crippen LogP contribution < -0.4 is 10.2 Å². The van der Waals surface area contributed by atoms with Crippen LogP contribution in [0.3, 0.4) is 0 Å². The van der Waals surface area contributed by atoms with Gasteiger partial charge in [0.05, 0.1) is 5.69 Å². The van der Waals surface area contributed by atoms with Crippen LogP contribution in [0.4, 0.5) is 26.1 Å². The Morgan fingerprint density at radius 3 is 2.57 bits per heavy atom. The van der Waals surface area contributed by atoms with Crippen molar-refractivity contribution in [2.24, 2.45) is 0 Å². The first-order valence-corrected chi connectivity index (χ1v) is 8.65. The number of hydrogen-bond acceptors (Lipinski definition) is 6. The van der Waals surface area contributed by atoms with Gasteiger partial charge < -0.3 is 15.3 Å². The number of carbonyl (C=O) groups is 2. The molecule has 3 heterocycles. The Kier molecular flexibility index (Phi) is 3.84. The van der Waals surface area contributed by atoms with Crippen molar-refractivity contribution in [3.63, 3.8) is 0 Å². The van der Waals surface area contributed by atoms with Crippen LogP contribution in [0.25, 0.3) is 0 Å². The monoisotopic (exact) mass is 389 g/mol. The number of carboxylic acids is 1. The minimum Gasteiger partial charge on any atom is -0.477 e. The third kappa shape index (κ3) is 3.04. The molecule has 10 heteroatoms. The maximum Gasteiger partial charge on any atom is 0.354 e. The molecule has 28 heavy (non-hydrogen) atoms. The molecule has 2 aromatic heterocycles. The lowest BCUT2D eigenvalue weighted by Crippen LogP contribution is -2.24. The minimum absolute atomic E-state index is 0.0777. The molecule has 146 valence electrons. The molecule has 1 fully saturated rings. The second kappa shape index (κ2) is 5.91. The van der Waals surface area contributed by atoms with Crippen LogP contribution in [0.15, 0.2) is 18.3 Å². The molecule has 1 spiro atoms. The van der Waals surface area contributed by atoms with Gasteiger partial charge in [0.1, 0.15) is 11.6 Å². The zero-order valence-electron chi connectivity index (χ0n) is 15.2. The Morgan fingerprint density at radius 2 is 2.00 bits per heavy atom. The first kappa shape index (κ1) is 18.2. The quantitative estimate of drug-likeness (QED) is 0.828. The van der Waals surface area contributed by atoms with Gasteiger partial charge in [-0.25, -0.2) is 19.7 Å². The molecule has 8 nitrogen and oxygen atoms in total. The van der Waals surface area contributed by atoms with Crippen LogP contribution in [0.5, 0.6) is 0 Å². The van der Waals surface area contributed by atoms with E-state index in [9.17, 15) is 23.5 Å². The number of nitrogens with one attached hydrogen (secondary N) is 1. The molecule has 0 saturated heterocycles. The molecule has 2 aliphatic rings. The van der Waals surface area contributed by atoms with Gasteiger partial charge in [0.2, 0.25) is 11.7 Å². The van der Waals surface area contributed by atoms with E-state index in [1.807, 2.05) is 0 Å². The largest absolute Gasteiger partial charge is 0.477 e. The lowest BCUT2D eigenvalue weighted by atomic mass is 10.0. The number of hydrogen-bond donors (Lipinski definition) is 2. The first-order chi connectivity index (χ1) is 13.1. The highest BCUT2D eigenvalue weighted by Crippen LogP contribution is 2.58. The number of fused-ring (bicyclic) bond motifs is 2. The molecule has 4 rings (SSSR count). The van der Waals surface area contributed by atoms with Gasteiger partial charge in [-0.3, -0.25) is 4.79 Å². The summed E-state index contributed by atoms with van der Waals surface area (Å²) < 4.78 is 27.7. The number of amides is 1. The highest BCUT2D eigenvalue weighted by Gasteiger charge is 2.53. The van der Waals surface area contributed by atoms with Gasteiger partial charge in [-0.2, -0.15) is 8.78 Å². The number of halogens is 2. The molecule has 1 aliphatic carbocycles. The van der Waals surface area contributed by atoms with E-state index in [2.05, 4.69) is 20.3 Å². The second-order valence-corrected chi connectivity index (χ2v) is 7.26. The standard InChI is InChI=1S/C18H17F2N5O3/c1-9(26)22-13-6-12-10(7-21-13)18(3-4-18)8-25(12)14-5-11(15(27)28)23-16(24-14)17(2,19)20/h5-7H,3-4,8H2,1-2H3,(H,27,28)(H,21,22,26). The molecule has 1 amide bonds. The Morgan fingerprint density at radius 1 is 1.29 bits per heavy atom. The van der Waals surface area contributed by atoms with E-state index in [0.717, 1.165) is 18.4 Å². The van der Waals surface area contributed by atoms with Crippen LogP contribution in [-0.2, 0) is 16.1 Å². The topological polar surface area (TPSA) is 108 Å². The van der Waals surface area contributed by atoms with E-state index in [0.29, 0.717) is 25.0 Å². The first-order valence-electron chi connectivity index (χ1n) is 8.65. The van der Waals surface area contributed by atoms with Crippen molar-refractivity contribution >= 4 is 29.2 Å². The predicted molar refractivity (Wildman–Crippen MR) is 95.0 cm³/mol. The van der Waals surface area contributed by atoms with Crippen LogP contribution in [0.1, 0.15) is 48.6 Å². The lowest BCUT2D eigenvalue weighted by Gasteiger charge is -2.21. The van der Waals surface area contributed by atoms with Gasteiger partial charge in [-0.15, -0.1) is 0 Å². The maximum atomic E-state index is 13.8. The molecule has 0 unspecified atom stereocenters. The van der Waals surface area contributed by atoms with E-state index >= 15 is 0 Å². The Bertz CT molecular complexity index is 1000. The van der Waals surface area contributed by atoms with Crippen molar-refractivity contribution in [3.8, 4) is 0 Å². The van der Waals surface area contributed by atoms with E-state index in [-0.39, 0.29) is 17.1 Å². The summed E-state index contributed by atoms with van der Waals surface area (Å²) in [6, 6.07) is 2.83. The average Bonchev–Trinajstić information content (AvgIpc) is 3.31. The summed E-state index contributed by atoms with van der Waals surface area (Å²) >= 11 is 0. The summed E-state index contributed by atoms with van der Waals surface area (Å²) in [7, 11) is 0. The normalized spacial score (nSPS) is 16.8. The van der Waals surface area contributed by atoms with Gasteiger partial charge in [0.25, 0.3) is 0 Å². The third-order valence-corrected chi connectivity index (χ3v) is 4.96. The summed E-state index contributed by atoms with van der Waals surface area (Å²) in [5.74, 6) is -5.54. The summed E-state index contributed by atoms with van der Waals surface area (Å²) in [4.78, 5) is 36.1. The van der Waals surface area contributed by atoms with Crippen molar-refractivity contribution in [1.29, 1.82) is 0 Å². The SMILES string of the molecule is CC(=O)Nc1cc2c(cn1)C1(CC1)CN2c1cc(C(=O)O)nc(C(C)(F)F)n1. The van der Waals surface area contributed by atoms with E-state index in [4.69, 9.17) is 0 Å². The van der Waals surface area contributed by atoms with E-state index < -0.39 is 23.4 Å². The van der Waals surface area contributed by atoms with Crippen molar-refractivity contribution in [3.05, 3.63) is 35.4 Å². The summed E-state index contributed by atoms with van der Waals surface area (Å²) in [5.41, 5.74) is 0.940. The fourth-order valence-corrected chi connectivity index (χ4v) is 3.46. The Balaban J connectivity index is 1.84. The van der Waals surface area contributed by atoms with Gasteiger partial charge in [0.15, 0.2) is 5.69 Å². The second-order valence-electron chi connectivity index (χ2n) is 7.26. The van der Waals surface area contributed by atoms with Crippen LogP contribution >= 0.6 is 0 Å². The lowest BCUT2D eigenvalue weighted by molar-refractivity contribution is -0.114. The average molecular weight is 389 g/mol. The summed E-state index contributed by atoms with van der Waals surface area (Å²) in [6.45, 7) is 2.45. The van der Waals surface area contributed by atoms with Crippen molar-refractivity contribution in [2.45, 2.75) is 38.0 Å². The minimum atomic E-state index is -3.39. The predicted octanol–water partition coefficient (Wildman–Crippen LogP) is 2.82. The number of anilines is 3.